The van der Waals surface area contributed by atoms with E-state index in [1.54, 1.807) is 6.33 Å². The molecule has 0 saturated carbocycles. The topological polar surface area (TPSA) is 81.4 Å². The van der Waals surface area contributed by atoms with Crippen molar-refractivity contribution in [2.24, 2.45) is 0 Å². The molecule has 29 heavy (non-hydrogen) atoms. The summed E-state index contributed by atoms with van der Waals surface area (Å²) in [4.78, 5) is 23.3. The molecule has 0 N–H and O–H groups in total. The third-order valence-corrected chi connectivity index (χ3v) is 5.44. The zero-order valence-corrected chi connectivity index (χ0v) is 16.6. The molecule has 0 radical (unpaired) electrons. The number of nitrogens with zero attached hydrogens (tertiary/aromatic N) is 7. The Morgan fingerprint density at radius 3 is 2.48 bits per heavy atom. The zero-order valence-electron chi connectivity index (χ0n) is 16.6. The monoisotopic (exact) mass is 395 g/mol. The smallest absolute Gasteiger partial charge is 0.242 e. The molecule has 4 heterocycles. The SMILES string of the molecule is CCC1CN(c2nc(N3CCOCC3)nc(-n3cnc4ccccc43)n2)CCO1. The van der Waals surface area contributed by atoms with Crippen molar-refractivity contribution < 1.29 is 9.47 Å². The second-order valence-electron chi connectivity index (χ2n) is 7.29. The van der Waals surface area contributed by atoms with Gasteiger partial charge in [0.15, 0.2) is 0 Å². The molecule has 2 saturated heterocycles. The molecular formula is C20H25N7O2. The van der Waals surface area contributed by atoms with E-state index in [9.17, 15) is 0 Å². The van der Waals surface area contributed by atoms with Crippen LogP contribution in [-0.4, -0.2) is 76.6 Å². The zero-order chi connectivity index (χ0) is 19.6. The highest BCUT2D eigenvalue weighted by Crippen LogP contribution is 2.22. The van der Waals surface area contributed by atoms with Crippen LogP contribution in [0.2, 0.25) is 0 Å². The summed E-state index contributed by atoms with van der Waals surface area (Å²) >= 11 is 0. The third kappa shape index (κ3) is 3.63. The van der Waals surface area contributed by atoms with Gasteiger partial charge in [-0.05, 0) is 18.6 Å². The van der Waals surface area contributed by atoms with Crippen LogP contribution >= 0.6 is 0 Å². The van der Waals surface area contributed by atoms with Gasteiger partial charge in [0.1, 0.15) is 6.33 Å². The molecule has 0 spiro atoms. The first kappa shape index (κ1) is 18.3. The van der Waals surface area contributed by atoms with Gasteiger partial charge in [0.25, 0.3) is 0 Å². The fourth-order valence-electron chi connectivity index (χ4n) is 3.76. The lowest BCUT2D eigenvalue weighted by atomic mass is 10.2. The number of fused-ring (bicyclic) bond motifs is 1. The first-order valence-corrected chi connectivity index (χ1v) is 10.2. The minimum Gasteiger partial charge on any atom is -0.378 e. The highest BCUT2D eigenvalue weighted by atomic mass is 16.5. The lowest BCUT2D eigenvalue weighted by Crippen LogP contribution is -2.44. The van der Waals surface area contributed by atoms with Gasteiger partial charge in [0.05, 0.1) is 37.0 Å². The molecule has 1 aromatic carbocycles. The van der Waals surface area contributed by atoms with Crippen molar-refractivity contribution in [3.63, 3.8) is 0 Å². The van der Waals surface area contributed by atoms with Crippen molar-refractivity contribution in [2.45, 2.75) is 19.4 Å². The van der Waals surface area contributed by atoms with Gasteiger partial charge >= 0.3 is 0 Å². The molecule has 9 nitrogen and oxygen atoms in total. The van der Waals surface area contributed by atoms with Crippen LogP contribution in [0.5, 0.6) is 0 Å². The van der Waals surface area contributed by atoms with Gasteiger partial charge in [-0.3, -0.25) is 4.57 Å². The molecule has 2 aliphatic rings. The summed E-state index contributed by atoms with van der Waals surface area (Å²) in [6.45, 7) is 7.28. The second-order valence-corrected chi connectivity index (χ2v) is 7.29. The van der Waals surface area contributed by atoms with Crippen LogP contribution in [0.3, 0.4) is 0 Å². The molecule has 3 aromatic rings. The van der Waals surface area contributed by atoms with Gasteiger partial charge < -0.3 is 19.3 Å². The van der Waals surface area contributed by atoms with Crippen LogP contribution in [0, 0.1) is 0 Å². The number of rotatable bonds is 4. The normalized spacial score (nSPS) is 20.4. The van der Waals surface area contributed by atoms with E-state index in [2.05, 4.69) is 21.7 Å². The van der Waals surface area contributed by atoms with E-state index in [1.807, 2.05) is 28.8 Å². The number of hydrogen-bond donors (Lipinski definition) is 0. The predicted molar refractivity (Wildman–Crippen MR) is 110 cm³/mol. The fraction of sp³-hybridized carbons (Fsp3) is 0.500. The standard InChI is InChI=1S/C20H25N7O2/c1-2-15-13-26(9-12-29-15)19-22-18(25-7-10-28-11-8-25)23-20(24-19)27-14-21-16-5-3-4-6-17(16)27/h3-6,14-15H,2,7-13H2,1H3. The summed E-state index contributed by atoms with van der Waals surface area (Å²) in [5.74, 6) is 1.96. The lowest BCUT2D eigenvalue weighted by Gasteiger charge is -2.33. The average Bonchev–Trinajstić information content (AvgIpc) is 3.24. The van der Waals surface area contributed by atoms with Gasteiger partial charge in [-0.2, -0.15) is 15.0 Å². The van der Waals surface area contributed by atoms with E-state index >= 15 is 0 Å². The van der Waals surface area contributed by atoms with E-state index < -0.39 is 0 Å². The highest BCUT2D eigenvalue weighted by Gasteiger charge is 2.24. The number of anilines is 2. The number of benzene rings is 1. The summed E-state index contributed by atoms with van der Waals surface area (Å²) in [5, 5.41) is 0. The van der Waals surface area contributed by atoms with Crippen molar-refractivity contribution >= 4 is 22.9 Å². The maximum absolute atomic E-state index is 5.83. The van der Waals surface area contributed by atoms with Crippen LogP contribution in [0.4, 0.5) is 11.9 Å². The quantitative estimate of drug-likeness (QED) is 0.660. The Bertz CT molecular complexity index is 986. The van der Waals surface area contributed by atoms with Crippen LogP contribution in [-0.2, 0) is 9.47 Å². The molecule has 0 aliphatic carbocycles. The minimum atomic E-state index is 0.199. The Morgan fingerprint density at radius 2 is 1.66 bits per heavy atom. The number of imidazole rings is 1. The third-order valence-electron chi connectivity index (χ3n) is 5.44. The summed E-state index contributed by atoms with van der Waals surface area (Å²) < 4.78 is 13.3. The van der Waals surface area contributed by atoms with Crippen LogP contribution < -0.4 is 9.80 Å². The van der Waals surface area contributed by atoms with Gasteiger partial charge in [-0.1, -0.05) is 19.1 Å². The molecule has 9 heteroatoms. The van der Waals surface area contributed by atoms with Crippen molar-refractivity contribution in [2.75, 3.05) is 55.8 Å². The first-order chi connectivity index (χ1) is 14.3. The number of ether oxygens (including phenoxy) is 2. The number of morpholine rings is 2. The number of aromatic nitrogens is 5. The van der Waals surface area contributed by atoms with E-state index in [4.69, 9.17) is 24.4 Å². The molecule has 1 atom stereocenters. The number of para-hydroxylation sites is 2. The second kappa shape index (κ2) is 7.92. The molecule has 2 aromatic heterocycles. The first-order valence-electron chi connectivity index (χ1n) is 10.2. The van der Waals surface area contributed by atoms with Gasteiger partial charge in [-0.15, -0.1) is 0 Å². The summed E-state index contributed by atoms with van der Waals surface area (Å²) in [6.07, 6.45) is 2.95. The Balaban J connectivity index is 1.58. The van der Waals surface area contributed by atoms with Crippen LogP contribution in [0.25, 0.3) is 17.0 Å². The molecule has 2 aliphatic heterocycles. The van der Waals surface area contributed by atoms with E-state index in [0.29, 0.717) is 37.7 Å². The van der Waals surface area contributed by atoms with Crippen molar-refractivity contribution in [1.29, 1.82) is 0 Å². The maximum Gasteiger partial charge on any atom is 0.242 e. The van der Waals surface area contributed by atoms with Crippen LogP contribution in [0.1, 0.15) is 13.3 Å². The van der Waals surface area contributed by atoms with Crippen molar-refractivity contribution in [3.05, 3.63) is 30.6 Å². The summed E-state index contributed by atoms with van der Waals surface area (Å²) in [7, 11) is 0. The minimum absolute atomic E-state index is 0.199. The molecule has 152 valence electrons. The number of hydrogen-bond acceptors (Lipinski definition) is 8. The fourth-order valence-corrected chi connectivity index (χ4v) is 3.76. The Labute approximate surface area is 169 Å². The Morgan fingerprint density at radius 1 is 0.931 bits per heavy atom. The van der Waals surface area contributed by atoms with E-state index in [0.717, 1.165) is 43.6 Å². The molecular weight excluding hydrogens is 370 g/mol. The maximum atomic E-state index is 5.83. The Kier molecular flexibility index (Phi) is 4.99. The molecule has 0 amide bonds. The van der Waals surface area contributed by atoms with Gasteiger partial charge in [0, 0.05) is 26.2 Å². The lowest BCUT2D eigenvalue weighted by molar-refractivity contribution is 0.0378. The largest absolute Gasteiger partial charge is 0.378 e. The van der Waals surface area contributed by atoms with Crippen LogP contribution in [0.15, 0.2) is 30.6 Å². The molecule has 5 rings (SSSR count). The molecule has 2 fully saturated rings. The predicted octanol–water partition coefficient (Wildman–Crippen LogP) is 1.66. The van der Waals surface area contributed by atoms with E-state index in [1.165, 1.54) is 0 Å². The summed E-state index contributed by atoms with van der Waals surface area (Å²) in [6, 6.07) is 8.00. The van der Waals surface area contributed by atoms with Crippen molar-refractivity contribution in [3.8, 4) is 5.95 Å². The highest BCUT2D eigenvalue weighted by molar-refractivity contribution is 5.76. The Hall–Kier alpha value is -2.78. The van der Waals surface area contributed by atoms with Gasteiger partial charge in [0.2, 0.25) is 17.8 Å². The van der Waals surface area contributed by atoms with E-state index in [-0.39, 0.29) is 6.10 Å². The summed E-state index contributed by atoms with van der Waals surface area (Å²) in [5.41, 5.74) is 1.89. The van der Waals surface area contributed by atoms with Crippen molar-refractivity contribution in [1.82, 2.24) is 24.5 Å². The molecule has 1 unspecified atom stereocenters. The average molecular weight is 395 g/mol. The van der Waals surface area contributed by atoms with Gasteiger partial charge in [-0.25, -0.2) is 4.98 Å². The molecule has 0 bridgehead atoms.